The second-order valence-electron chi connectivity index (χ2n) is 3.30. The van der Waals surface area contributed by atoms with E-state index in [1.54, 1.807) is 26.4 Å². The quantitative estimate of drug-likeness (QED) is 0.680. The molecule has 0 spiro atoms. The van der Waals surface area contributed by atoms with Gasteiger partial charge in [0.1, 0.15) is 5.82 Å². The van der Waals surface area contributed by atoms with Crippen LogP contribution < -0.4 is 11.0 Å². The first-order valence-corrected chi connectivity index (χ1v) is 4.98. The third-order valence-electron chi connectivity index (χ3n) is 2.25. The lowest BCUT2D eigenvalue weighted by Gasteiger charge is -2.14. The molecule has 0 saturated heterocycles. The van der Waals surface area contributed by atoms with E-state index >= 15 is 0 Å². The Morgan fingerprint density at radius 1 is 1.47 bits per heavy atom. The van der Waals surface area contributed by atoms with Gasteiger partial charge in [0.2, 0.25) is 0 Å². The number of aromatic amines is 1. The molecule has 0 aliphatic rings. The summed E-state index contributed by atoms with van der Waals surface area (Å²) in [5, 5.41) is 13.1. The Balaban J connectivity index is 2.13. The fraction of sp³-hybridized carbons (Fsp3) is 0.444. The number of anilines is 1. The van der Waals surface area contributed by atoms with Crippen LogP contribution in [0.3, 0.4) is 0 Å². The van der Waals surface area contributed by atoms with Crippen molar-refractivity contribution in [2.75, 3.05) is 26.1 Å². The van der Waals surface area contributed by atoms with E-state index < -0.39 is 0 Å². The highest BCUT2D eigenvalue weighted by Gasteiger charge is 2.06. The zero-order valence-corrected chi connectivity index (χ0v) is 9.51. The van der Waals surface area contributed by atoms with Crippen LogP contribution in [0.1, 0.15) is 0 Å². The summed E-state index contributed by atoms with van der Waals surface area (Å²) in [5.74, 6) is 0.542. The summed E-state index contributed by atoms with van der Waals surface area (Å²) in [5.41, 5.74) is 0.0919. The fourth-order valence-corrected chi connectivity index (χ4v) is 1.35. The van der Waals surface area contributed by atoms with Gasteiger partial charge in [0.05, 0.1) is 6.54 Å². The molecule has 2 aromatic rings. The average molecular weight is 239 g/mol. The molecule has 2 heterocycles. The molecule has 0 amide bonds. The number of rotatable bonds is 5. The van der Waals surface area contributed by atoms with Crippen LogP contribution in [0.4, 0.5) is 5.82 Å². The summed E-state index contributed by atoms with van der Waals surface area (Å²) < 4.78 is 11.2. The van der Waals surface area contributed by atoms with Gasteiger partial charge >= 0.3 is 5.69 Å². The predicted octanol–water partition coefficient (Wildman–Crippen LogP) is -0.552. The number of hydrogen-bond acceptors (Lipinski definition) is 6. The molecule has 2 rings (SSSR count). The lowest BCUT2D eigenvalue weighted by atomic mass is 10.5. The number of aromatic nitrogens is 4. The van der Waals surface area contributed by atoms with Gasteiger partial charge in [-0.15, -0.1) is 5.10 Å². The fourth-order valence-electron chi connectivity index (χ4n) is 1.35. The summed E-state index contributed by atoms with van der Waals surface area (Å²) in [7, 11) is 3.10. The topological polar surface area (TPSA) is 93.5 Å². The van der Waals surface area contributed by atoms with Gasteiger partial charge in [-0.2, -0.15) is 9.61 Å². The third kappa shape index (κ3) is 2.43. The smallest absolute Gasteiger partial charge is 0.364 e. The second kappa shape index (κ2) is 4.93. The van der Waals surface area contributed by atoms with Crippen molar-refractivity contribution in [3.63, 3.8) is 0 Å². The molecule has 0 bridgehead atoms. The van der Waals surface area contributed by atoms with E-state index in [2.05, 4.69) is 20.6 Å². The van der Waals surface area contributed by atoms with Crippen molar-refractivity contribution in [1.29, 1.82) is 0 Å². The summed E-state index contributed by atoms with van der Waals surface area (Å²) >= 11 is 0. The lowest BCUT2D eigenvalue weighted by molar-refractivity contribution is -0.0914. The van der Waals surface area contributed by atoms with Crippen LogP contribution in [0, 0.1) is 0 Å². The van der Waals surface area contributed by atoms with Crippen molar-refractivity contribution < 1.29 is 9.47 Å². The van der Waals surface area contributed by atoms with Crippen molar-refractivity contribution in [3.05, 3.63) is 22.6 Å². The molecule has 0 unspecified atom stereocenters. The van der Waals surface area contributed by atoms with Crippen molar-refractivity contribution in [3.8, 4) is 0 Å². The maximum absolute atomic E-state index is 11.3. The Bertz CT molecular complexity index is 545. The van der Waals surface area contributed by atoms with E-state index in [4.69, 9.17) is 9.47 Å². The summed E-state index contributed by atoms with van der Waals surface area (Å²) in [6, 6.07) is 3.40. The van der Waals surface area contributed by atoms with Crippen LogP contribution in [0.2, 0.25) is 0 Å². The normalized spacial score (nSPS) is 11.2. The average Bonchev–Trinajstić information content (AvgIpc) is 2.72. The molecule has 0 aliphatic heterocycles. The van der Waals surface area contributed by atoms with E-state index in [0.717, 1.165) is 0 Å². The minimum absolute atomic E-state index is 0.367. The molecule has 0 aliphatic carbocycles. The van der Waals surface area contributed by atoms with Gasteiger partial charge in [0, 0.05) is 14.2 Å². The van der Waals surface area contributed by atoms with Crippen LogP contribution in [-0.4, -0.2) is 46.9 Å². The second-order valence-corrected chi connectivity index (χ2v) is 3.30. The number of hydrogen-bond donors (Lipinski definition) is 2. The van der Waals surface area contributed by atoms with Gasteiger partial charge in [-0.05, 0) is 12.1 Å². The van der Waals surface area contributed by atoms with Gasteiger partial charge in [-0.3, -0.25) is 0 Å². The maximum Gasteiger partial charge on any atom is 0.364 e. The molecule has 0 radical (unpaired) electrons. The Kier molecular flexibility index (Phi) is 3.35. The standard InChI is InChI=1S/C9H13N5O3/c1-16-8(17-2)5-10-6-3-4-7-11-12-9(15)14(7)13-6/h3-4,8H,5H2,1-2H3,(H,10,13)(H,12,15). The zero-order valence-electron chi connectivity index (χ0n) is 9.51. The number of ether oxygens (including phenoxy) is 2. The summed E-state index contributed by atoms with van der Waals surface area (Å²) in [4.78, 5) is 11.3. The Hall–Kier alpha value is -1.93. The summed E-state index contributed by atoms with van der Waals surface area (Å²) in [6.45, 7) is 0.429. The number of fused-ring (bicyclic) bond motifs is 1. The molecule has 2 N–H and O–H groups in total. The molecule has 2 aromatic heterocycles. The Morgan fingerprint density at radius 3 is 2.94 bits per heavy atom. The van der Waals surface area contributed by atoms with Gasteiger partial charge in [-0.1, -0.05) is 0 Å². The van der Waals surface area contributed by atoms with Gasteiger partial charge < -0.3 is 14.8 Å². The molecule has 0 fully saturated rings. The number of nitrogens with zero attached hydrogens (tertiary/aromatic N) is 3. The van der Waals surface area contributed by atoms with Crippen molar-refractivity contribution in [2.24, 2.45) is 0 Å². The highest BCUT2D eigenvalue weighted by molar-refractivity contribution is 5.42. The van der Waals surface area contributed by atoms with Crippen molar-refractivity contribution in [1.82, 2.24) is 19.8 Å². The Labute approximate surface area is 96.5 Å². The van der Waals surface area contributed by atoms with E-state index in [1.165, 1.54) is 4.52 Å². The number of H-pyrrole nitrogens is 1. The molecule has 0 saturated carbocycles. The summed E-state index contributed by atoms with van der Waals surface area (Å²) in [6.07, 6.45) is -0.367. The molecule has 92 valence electrons. The van der Waals surface area contributed by atoms with E-state index in [-0.39, 0.29) is 12.0 Å². The Morgan fingerprint density at radius 2 is 2.24 bits per heavy atom. The predicted molar refractivity (Wildman–Crippen MR) is 59.9 cm³/mol. The van der Waals surface area contributed by atoms with E-state index in [1.807, 2.05) is 0 Å². The first-order chi connectivity index (χ1) is 8.24. The largest absolute Gasteiger partial charge is 0.364 e. The first-order valence-electron chi connectivity index (χ1n) is 4.98. The minimum Gasteiger partial charge on any atom is -0.364 e. The SMILES string of the molecule is COC(CNc1ccc2n[nH]c(=O)n2n1)OC. The molecule has 0 aromatic carbocycles. The maximum atomic E-state index is 11.3. The van der Waals surface area contributed by atoms with Crippen LogP contribution >= 0.6 is 0 Å². The lowest BCUT2D eigenvalue weighted by Crippen LogP contribution is -2.24. The van der Waals surface area contributed by atoms with Gasteiger partial charge in [0.15, 0.2) is 11.9 Å². The first kappa shape index (κ1) is 11.6. The molecular weight excluding hydrogens is 226 g/mol. The minimum atomic E-state index is -0.376. The molecule has 8 heteroatoms. The number of nitrogens with one attached hydrogen (secondary N) is 2. The van der Waals surface area contributed by atoms with Gasteiger partial charge in [-0.25, -0.2) is 9.89 Å². The van der Waals surface area contributed by atoms with Crippen molar-refractivity contribution >= 4 is 11.5 Å². The van der Waals surface area contributed by atoms with E-state index in [9.17, 15) is 4.79 Å². The van der Waals surface area contributed by atoms with Gasteiger partial charge in [0.25, 0.3) is 0 Å². The van der Waals surface area contributed by atoms with Crippen LogP contribution in [0.25, 0.3) is 5.65 Å². The monoisotopic (exact) mass is 239 g/mol. The highest BCUT2D eigenvalue weighted by atomic mass is 16.7. The van der Waals surface area contributed by atoms with Crippen LogP contribution in [-0.2, 0) is 9.47 Å². The zero-order chi connectivity index (χ0) is 12.3. The van der Waals surface area contributed by atoms with E-state index in [0.29, 0.717) is 18.0 Å². The molecule has 0 atom stereocenters. The van der Waals surface area contributed by atoms with Crippen LogP contribution in [0.15, 0.2) is 16.9 Å². The highest BCUT2D eigenvalue weighted by Crippen LogP contribution is 2.03. The molecule has 17 heavy (non-hydrogen) atoms. The third-order valence-corrected chi connectivity index (χ3v) is 2.25. The molecular formula is C9H13N5O3. The van der Waals surface area contributed by atoms with Crippen molar-refractivity contribution in [2.45, 2.75) is 6.29 Å². The number of methoxy groups -OCH3 is 2. The van der Waals surface area contributed by atoms with Crippen LogP contribution in [0.5, 0.6) is 0 Å². The molecule has 8 nitrogen and oxygen atoms in total.